The second-order valence-electron chi connectivity index (χ2n) is 4.52. The highest BCUT2D eigenvalue weighted by Crippen LogP contribution is 2.16. The molecule has 0 saturated heterocycles. The maximum atomic E-state index is 5.86. The first-order chi connectivity index (χ1) is 9.24. The molecule has 5 heteroatoms. The van der Waals surface area contributed by atoms with Gasteiger partial charge in [-0.1, -0.05) is 48.0 Å². The minimum atomic E-state index is 0. The van der Waals surface area contributed by atoms with Crippen molar-refractivity contribution in [2.45, 2.75) is 11.6 Å². The molecule has 2 nitrogen and oxygen atoms in total. The summed E-state index contributed by atoms with van der Waals surface area (Å²) in [5, 5.41) is 1.56. The molecule has 108 valence electrons. The summed E-state index contributed by atoms with van der Waals surface area (Å²) in [6, 6.07) is 16.3. The van der Waals surface area contributed by atoms with E-state index in [0.29, 0.717) is 5.15 Å². The quantitative estimate of drug-likeness (QED) is 0.571. The normalized spacial score (nSPS) is 11.7. The predicted molar refractivity (Wildman–Crippen MR) is 81.9 cm³/mol. The van der Waals surface area contributed by atoms with Gasteiger partial charge in [-0.15, -0.1) is 11.8 Å². The standard InChI is InChI=1S/C15H17ClN2S.ClH/c1-18(12-13-6-3-2-4-7-13)10-11-19-15-9-5-8-14(16)17-15;/h2-9H,10-12H2,1H3;1H. The van der Waals surface area contributed by atoms with Crippen molar-refractivity contribution in [3.8, 4) is 0 Å². The molecule has 0 saturated carbocycles. The molecule has 20 heavy (non-hydrogen) atoms. The topological polar surface area (TPSA) is 17.3 Å². The first kappa shape index (κ1) is 17.3. The van der Waals surface area contributed by atoms with E-state index in [2.05, 4.69) is 42.4 Å². The molecular weight excluding hydrogens is 311 g/mol. The van der Waals surface area contributed by atoms with E-state index in [1.165, 1.54) is 10.5 Å². The lowest BCUT2D eigenvalue weighted by Crippen LogP contribution is -3.08. The van der Waals surface area contributed by atoms with Gasteiger partial charge in [-0.3, -0.25) is 0 Å². The van der Waals surface area contributed by atoms with Gasteiger partial charge in [0.1, 0.15) is 11.7 Å². The van der Waals surface area contributed by atoms with Crippen LogP contribution in [0.25, 0.3) is 0 Å². The van der Waals surface area contributed by atoms with Crippen molar-refractivity contribution in [3.05, 3.63) is 59.2 Å². The van der Waals surface area contributed by atoms with Gasteiger partial charge in [0.2, 0.25) is 0 Å². The van der Waals surface area contributed by atoms with Crippen molar-refractivity contribution >= 4 is 23.4 Å². The fourth-order valence-corrected chi connectivity index (χ4v) is 3.04. The maximum Gasteiger partial charge on any atom is 0.130 e. The van der Waals surface area contributed by atoms with E-state index in [0.717, 1.165) is 23.9 Å². The van der Waals surface area contributed by atoms with Crippen molar-refractivity contribution < 1.29 is 17.3 Å². The fraction of sp³-hybridized carbons (Fsp3) is 0.267. The fourth-order valence-electron chi connectivity index (χ4n) is 1.83. The Balaban J connectivity index is 0.00000200. The number of nitrogens with zero attached hydrogens (tertiary/aromatic N) is 1. The van der Waals surface area contributed by atoms with Gasteiger partial charge in [-0.25, -0.2) is 4.98 Å². The second kappa shape index (κ2) is 9.24. The van der Waals surface area contributed by atoms with Gasteiger partial charge in [0.15, 0.2) is 0 Å². The Labute approximate surface area is 136 Å². The molecule has 0 aliphatic carbocycles. The molecule has 0 fully saturated rings. The molecule has 0 spiro atoms. The average Bonchev–Trinajstić information content (AvgIpc) is 2.40. The van der Waals surface area contributed by atoms with Crippen LogP contribution in [0, 0.1) is 0 Å². The minimum absolute atomic E-state index is 0. The van der Waals surface area contributed by atoms with Gasteiger partial charge in [0.05, 0.1) is 18.6 Å². The SMILES string of the molecule is C[NH+](CCSc1cccc(Cl)n1)Cc1ccccc1.[Cl-]. The Morgan fingerprint density at radius 2 is 1.85 bits per heavy atom. The number of hydrogen-bond donors (Lipinski definition) is 1. The van der Waals surface area contributed by atoms with Crippen molar-refractivity contribution in [2.24, 2.45) is 0 Å². The third-order valence-corrected chi connectivity index (χ3v) is 3.96. The van der Waals surface area contributed by atoms with Gasteiger partial charge in [-0.2, -0.15) is 0 Å². The van der Waals surface area contributed by atoms with Crippen molar-refractivity contribution in [1.82, 2.24) is 4.98 Å². The monoisotopic (exact) mass is 328 g/mol. The Hall–Kier alpha value is -0.740. The summed E-state index contributed by atoms with van der Waals surface area (Å²) in [6.07, 6.45) is 0. The van der Waals surface area contributed by atoms with Crippen LogP contribution in [-0.2, 0) is 6.54 Å². The number of aromatic nitrogens is 1. The summed E-state index contributed by atoms with van der Waals surface area (Å²) in [7, 11) is 2.22. The van der Waals surface area contributed by atoms with Gasteiger partial charge >= 0.3 is 0 Å². The van der Waals surface area contributed by atoms with Crippen LogP contribution in [0.15, 0.2) is 53.6 Å². The summed E-state index contributed by atoms with van der Waals surface area (Å²) in [6.45, 7) is 2.16. The number of pyridine rings is 1. The van der Waals surface area contributed by atoms with Crippen LogP contribution >= 0.6 is 23.4 Å². The lowest BCUT2D eigenvalue weighted by Gasteiger charge is -2.13. The Morgan fingerprint density at radius 1 is 1.10 bits per heavy atom. The molecule has 1 atom stereocenters. The van der Waals surface area contributed by atoms with Crippen LogP contribution in [0.1, 0.15) is 5.56 Å². The molecule has 2 rings (SSSR count). The molecule has 0 amide bonds. The molecule has 0 aliphatic heterocycles. The maximum absolute atomic E-state index is 5.86. The van der Waals surface area contributed by atoms with Gasteiger partial charge in [0, 0.05) is 11.3 Å². The number of thioether (sulfide) groups is 1. The molecule has 1 unspecified atom stereocenters. The summed E-state index contributed by atoms with van der Waals surface area (Å²) < 4.78 is 0. The number of nitrogens with one attached hydrogen (secondary N) is 1. The second-order valence-corrected chi connectivity index (χ2v) is 6.02. The molecular formula is C15H18Cl2N2S. The van der Waals surface area contributed by atoms with Crippen LogP contribution in [0.3, 0.4) is 0 Å². The van der Waals surface area contributed by atoms with Crippen LogP contribution < -0.4 is 17.3 Å². The molecule has 2 aromatic rings. The van der Waals surface area contributed by atoms with Crippen LogP contribution in [-0.4, -0.2) is 24.3 Å². The minimum Gasteiger partial charge on any atom is -1.00 e. The van der Waals surface area contributed by atoms with Crippen molar-refractivity contribution in [1.29, 1.82) is 0 Å². The molecule has 1 aromatic heterocycles. The lowest BCUT2D eigenvalue weighted by molar-refractivity contribution is -0.891. The number of benzene rings is 1. The Bertz CT molecular complexity index is 508. The number of halogens is 2. The van der Waals surface area contributed by atoms with Crippen molar-refractivity contribution in [3.63, 3.8) is 0 Å². The third-order valence-electron chi connectivity index (χ3n) is 2.82. The summed E-state index contributed by atoms with van der Waals surface area (Å²) in [4.78, 5) is 5.77. The zero-order valence-corrected chi connectivity index (χ0v) is 13.7. The van der Waals surface area contributed by atoms with E-state index in [-0.39, 0.29) is 12.4 Å². The number of rotatable bonds is 6. The third kappa shape index (κ3) is 6.14. The van der Waals surface area contributed by atoms with E-state index in [9.17, 15) is 0 Å². The molecule has 1 heterocycles. The van der Waals surface area contributed by atoms with Gasteiger partial charge < -0.3 is 17.3 Å². The molecule has 0 bridgehead atoms. The number of hydrogen-bond acceptors (Lipinski definition) is 2. The van der Waals surface area contributed by atoms with E-state index >= 15 is 0 Å². The first-order valence-electron chi connectivity index (χ1n) is 6.34. The first-order valence-corrected chi connectivity index (χ1v) is 7.71. The highest BCUT2D eigenvalue weighted by atomic mass is 35.5. The van der Waals surface area contributed by atoms with E-state index in [1.54, 1.807) is 17.8 Å². The molecule has 0 radical (unpaired) electrons. The zero-order chi connectivity index (χ0) is 13.5. The molecule has 1 aromatic carbocycles. The number of quaternary nitrogens is 1. The smallest absolute Gasteiger partial charge is 0.130 e. The predicted octanol–water partition coefficient (Wildman–Crippen LogP) is -0.454. The largest absolute Gasteiger partial charge is 1.00 e. The molecule has 0 aliphatic rings. The van der Waals surface area contributed by atoms with Gasteiger partial charge in [-0.05, 0) is 12.1 Å². The highest BCUT2D eigenvalue weighted by Gasteiger charge is 2.04. The van der Waals surface area contributed by atoms with Crippen LogP contribution in [0.4, 0.5) is 0 Å². The molecule has 1 N–H and O–H groups in total. The summed E-state index contributed by atoms with van der Waals surface area (Å²) >= 11 is 7.62. The van der Waals surface area contributed by atoms with Gasteiger partial charge in [0.25, 0.3) is 0 Å². The lowest BCUT2D eigenvalue weighted by atomic mass is 10.2. The highest BCUT2D eigenvalue weighted by molar-refractivity contribution is 7.99. The van der Waals surface area contributed by atoms with E-state index in [4.69, 9.17) is 11.6 Å². The average molecular weight is 329 g/mol. The summed E-state index contributed by atoms with van der Waals surface area (Å²) in [5.74, 6) is 1.05. The Kier molecular flexibility index (Phi) is 8.00. The van der Waals surface area contributed by atoms with Crippen LogP contribution in [0.2, 0.25) is 5.15 Å². The van der Waals surface area contributed by atoms with Crippen molar-refractivity contribution in [2.75, 3.05) is 19.3 Å². The van der Waals surface area contributed by atoms with Crippen LogP contribution in [0.5, 0.6) is 0 Å². The summed E-state index contributed by atoms with van der Waals surface area (Å²) in [5.41, 5.74) is 1.38. The van der Waals surface area contributed by atoms with E-state index < -0.39 is 0 Å². The van der Waals surface area contributed by atoms with E-state index in [1.807, 2.05) is 12.1 Å². The zero-order valence-electron chi connectivity index (χ0n) is 11.4. The Morgan fingerprint density at radius 3 is 2.55 bits per heavy atom.